The summed E-state index contributed by atoms with van der Waals surface area (Å²) in [6.07, 6.45) is 3.69. The number of halogens is 2. The molecule has 0 aliphatic carbocycles. The predicted octanol–water partition coefficient (Wildman–Crippen LogP) is 2.62. The molecule has 7 heteroatoms. The zero-order valence-corrected chi connectivity index (χ0v) is 13.6. The molecular weight excluding hydrogens is 319 g/mol. The number of anilines is 1. The standard InChI is InChI=1S/C16H20ClFN4O/c17-14-1-2-16(18)13(9-14)10-19-15-11-20-22(12-15)4-3-21-5-7-23-8-6-21/h1-2,9,11-12,19H,3-8,10H2. The van der Waals surface area contributed by atoms with Crippen LogP contribution in [-0.2, 0) is 17.8 Å². The van der Waals surface area contributed by atoms with Crippen molar-refractivity contribution in [1.29, 1.82) is 0 Å². The number of nitrogens with one attached hydrogen (secondary N) is 1. The molecule has 1 N–H and O–H groups in total. The van der Waals surface area contributed by atoms with E-state index in [0.717, 1.165) is 45.1 Å². The Bertz CT molecular complexity index is 643. The molecule has 2 aromatic rings. The van der Waals surface area contributed by atoms with E-state index in [4.69, 9.17) is 16.3 Å². The van der Waals surface area contributed by atoms with Crippen molar-refractivity contribution in [2.75, 3.05) is 38.2 Å². The number of aromatic nitrogens is 2. The summed E-state index contributed by atoms with van der Waals surface area (Å²) in [6, 6.07) is 4.56. The Kier molecular flexibility index (Phi) is 5.48. The van der Waals surface area contributed by atoms with Crippen molar-refractivity contribution in [2.24, 2.45) is 0 Å². The van der Waals surface area contributed by atoms with Crippen LogP contribution in [0.15, 0.2) is 30.6 Å². The van der Waals surface area contributed by atoms with E-state index in [9.17, 15) is 4.39 Å². The summed E-state index contributed by atoms with van der Waals surface area (Å²) < 4.78 is 20.9. The van der Waals surface area contributed by atoms with Crippen molar-refractivity contribution < 1.29 is 9.13 Å². The Hall–Kier alpha value is -1.63. The van der Waals surface area contributed by atoms with E-state index in [1.54, 1.807) is 18.3 Å². The third-order valence-corrected chi connectivity index (χ3v) is 4.11. The van der Waals surface area contributed by atoms with Crippen LogP contribution in [0.4, 0.5) is 10.1 Å². The zero-order valence-electron chi connectivity index (χ0n) is 12.8. The van der Waals surface area contributed by atoms with E-state index in [1.807, 2.05) is 10.9 Å². The van der Waals surface area contributed by atoms with Gasteiger partial charge in [0.2, 0.25) is 0 Å². The Labute approximate surface area is 140 Å². The second kappa shape index (κ2) is 7.77. The SMILES string of the molecule is Fc1ccc(Cl)cc1CNc1cnn(CCN2CCOCC2)c1. The number of ether oxygens (including phenoxy) is 1. The van der Waals surface area contributed by atoms with Crippen LogP contribution >= 0.6 is 11.6 Å². The summed E-state index contributed by atoms with van der Waals surface area (Å²) in [6.45, 7) is 5.71. The maximum absolute atomic E-state index is 13.7. The summed E-state index contributed by atoms with van der Waals surface area (Å²) in [7, 11) is 0. The molecule has 5 nitrogen and oxygen atoms in total. The fourth-order valence-corrected chi connectivity index (χ4v) is 2.72. The Morgan fingerprint density at radius 2 is 2.09 bits per heavy atom. The predicted molar refractivity (Wildman–Crippen MR) is 88.2 cm³/mol. The minimum absolute atomic E-state index is 0.262. The average Bonchev–Trinajstić information content (AvgIpc) is 3.03. The highest BCUT2D eigenvalue weighted by Crippen LogP contribution is 2.16. The topological polar surface area (TPSA) is 42.3 Å². The first-order valence-electron chi connectivity index (χ1n) is 7.71. The van der Waals surface area contributed by atoms with Gasteiger partial charge in [-0.05, 0) is 18.2 Å². The average molecular weight is 339 g/mol. The summed E-state index contributed by atoms with van der Waals surface area (Å²) in [5.41, 5.74) is 1.41. The molecule has 0 amide bonds. The third kappa shape index (κ3) is 4.67. The van der Waals surface area contributed by atoms with Gasteiger partial charge in [-0.25, -0.2) is 4.39 Å². The molecule has 0 bridgehead atoms. The second-order valence-corrected chi connectivity index (χ2v) is 5.97. The molecule has 0 radical (unpaired) electrons. The molecule has 1 saturated heterocycles. The maximum atomic E-state index is 13.7. The number of rotatable bonds is 6. The molecule has 0 saturated carbocycles. The summed E-state index contributed by atoms with van der Waals surface area (Å²) >= 11 is 5.89. The van der Waals surface area contributed by atoms with Gasteiger partial charge in [-0.15, -0.1) is 0 Å². The van der Waals surface area contributed by atoms with Gasteiger partial charge in [-0.2, -0.15) is 5.10 Å². The molecule has 1 fully saturated rings. The lowest BCUT2D eigenvalue weighted by molar-refractivity contribution is 0.0360. The summed E-state index contributed by atoms with van der Waals surface area (Å²) in [5, 5.41) is 8.03. The van der Waals surface area contributed by atoms with Gasteiger partial charge in [-0.3, -0.25) is 9.58 Å². The van der Waals surface area contributed by atoms with Crippen LogP contribution in [0.3, 0.4) is 0 Å². The Morgan fingerprint density at radius 1 is 1.26 bits per heavy atom. The highest BCUT2D eigenvalue weighted by Gasteiger charge is 2.10. The van der Waals surface area contributed by atoms with Crippen LogP contribution in [-0.4, -0.2) is 47.5 Å². The fourth-order valence-electron chi connectivity index (χ4n) is 2.52. The van der Waals surface area contributed by atoms with Crippen molar-refractivity contribution in [2.45, 2.75) is 13.1 Å². The number of nitrogens with zero attached hydrogens (tertiary/aromatic N) is 3. The lowest BCUT2D eigenvalue weighted by Crippen LogP contribution is -2.38. The van der Waals surface area contributed by atoms with E-state index in [0.29, 0.717) is 17.1 Å². The molecule has 1 aliphatic rings. The monoisotopic (exact) mass is 338 g/mol. The van der Waals surface area contributed by atoms with Gasteiger partial charge in [0.05, 0.1) is 31.6 Å². The van der Waals surface area contributed by atoms with Crippen LogP contribution in [0.25, 0.3) is 0 Å². The van der Waals surface area contributed by atoms with Crippen LogP contribution < -0.4 is 5.32 Å². The Morgan fingerprint density at radius 3 is 2.91 bits per heavy atom. The minimum atomic E-state index is -0.262. The molecule has 1 aliphatic heterocycles. The lowest BCUT2D eigenvalue weighted by Gasteiger charge is -2.26. The number of morpholine rings is 1. The molecule has 0 unspecified atom stereocenters. The molecule has 0 spiro atoms. The molecule has 124 valence electrons. The van der Waals surface area contributed by atoms with Crippen molar-refractivity contribution >= 4 is 17.3 Å². The summed E-state index contributed by atoms with van der Waals surface area (Å²) in [4.78, 5) is 2.36. The summed E-state index contributed by atoms with van der Waals surface area (Å²) in [5.74, 6) is -0.262. The van der Waals surface area contributed by atoms with Crippen molar-refractivity contribution in [1.82, 2.24) is 14.7 Å². The molecule has 2 heterocycles. The van der Waals surface area contributed by atoms with Gasteiger partial charge in [0.15, 0.2) is 0 Å². The number of benzene rings is 1. The van der Waals surface area contributed by atoms with Crippen molar-refractivity contribution in [3.05, 3.63) is 47.0 Å². The van der Waals surface area contributed by atoms with Crippen LogP contribution in [0, 0.1) is 5.82 Å². The smallest absolute Gasteiger partial charge is 0.128 e. The van der Waals surface area contributed by atoms with Gasteiger partial charge in [0.25, 0.3) is 0 Å². The van der Waals surface area contributed by atoms with Crippen LogP contribution in [0.5, 0.6) is 0 Å². The van der Waals surface area contributed by atoms with E-state index in [-0.39, 0.29) is 5.82 Å². The lowest BCUT2D eigenvalue weighted by atomic mass is 10.2. The van der Waals surface area contributed by atoms with Gasteiger partial charge in [0.1, 0.15) is 5.82 Å². The van der Waals surface area contributed by atoms with Gasteiger partial charge in [0, 0.05) is 43.0 Å². The first-order valence-corrected chi connectivity index (χ1v) is 8.09. The van der Waals surface area contributed by atoms with Crippen LogP contribution in [0.2, 0.25) is 5.02 Å². The first kappa shape index (κ1) is 16.2. The van der Waals surface area contributed by atoms with Gasteiger partial charge in [-0.1, -0.05) is 11.6 Å². The molecular formula is C16H20ClFN4O. The fraction of sp³-hybridized carbons (Fsp3) is 0.438. The van der Waals surface area contributed by atoms with E-state index in [2.05, 4.69) is 15.3 Å². The minimum Gasteiger partial charge on any atom is -0.379 e. The van der Waals surface area contributed by atoms with Gasteiger partial charge < -0.3 is 10.1 Å². The molecule has 1 aromatic carbocycles. The normalized spacial score (nSPS) is 15.7. The van der Waals surface area contributed by atoms with Gasteiger partial charge >= 0.3 is 0 Å². The van der Waals surface area contributed by atoms with Crippen LogP contribution in [0.1, 0.15) is 5.56 Å². The van der Waals surface area contributed by atoms with E-state index in [1.165, 1.54) is 6.07 Å². The number of hydrogen-bond donors (Lipinski definition) is 1. The van der Waals surface area contributed by atoms with Crippen molar-refractivity contribution in [3.8, 4) is 0 Å². The highest BCUT2D eigenvalue weighted by molar-refractivity contribution is 6.30. The molecule has 3 rings (SSSR count). The molecule has 1 aromatic heterocycles. The van der Waals surface area contributed by atoms with E-state index < -0.39 is 0 Å². The molecule has 0 atom stereocenters. The largest absolute Gasteiger partial charge is 0.379 e. The number of hydrogen-bond acceptors (Lipinski definition) is 4. The second-order valence-electron chi connectivity index (χ2n) is 5.54. The third-order valence-electron chi connectivity index (χ3n) is 3.87. The maximum Gasteiger partial charge on any atom is 0.128 e. The first-order chi connectivity index (χ1) is 11.2. The van der Waals surface area contributed by atoms with Crippen molar-refractivity contribution in [3.63, 3.8) is 0 Å². The van der Waals surface area contributed by atoms with E-state index >= 15 is 0 Å². The Balaban J connectivity index is 1.49. The quantitative estimate of drug-likeness (QED) is 0.879. The zero-order chi connectivity index (χ0) is 16.1. The highest BCUT2D eigenvalue weighted by atomic mass is 35.5. The molecule has 23 heavy (non-hydrogen) atoms.